The molecule has 1 rings (SSSR count). The monoisotopic (exact) mass is 230 g/mol. The predicted molar refractivity (Wildman–Crippen MR) is 56.8 cm³/mol. The molecule has 1 aliphatic heterocycles. The van der Waals surface area contributed by atoms with Crippen molar-refractivity contribution >= 4 is 11.9 Å². The van der Waals surface area contributed by atoms with Crippen LogP contribution in [-0.4, -0.2) is 50.8 Å². The highest BCUT2D eigenvalue weighted by Crippen LogP contribution is 2.01. The fraction of sp³-hybridized carbons (Fsp3) is 0.800. The number of methoxy groups -OCH3 is 1. The Morgan fingerprint density at radius 2 is 2.38 bits per heavy atom. The Labute approximate surface area is 94.7 Å². The van der Waals surface area contributed by atoms with E-state index in [9.17, 15) is 9.59 Å². The van der Waals surface area contributed by atoms with Gasteiger partial charge in [0.2, 0.25) is 5.91 Å². The van der Waals surface area contributed by atoms with E-state index >= 15 is 0 Å². The van der Waals surface area contributed by atoms with Crippen molar-refractivity contribution < 1.29 is 19.1 Å². The van der Waals surface area contributed by atoms with Gasteiger partial charge in [0.25, 0.3) is 0 Å². The molecule has 1 heterocycles. The number of carbonyl (C=O) groups excluding carboxylic acids is 2. The minimum absolute atomic E-state index is 0.112. The highest BCUT2D eigenvalue weighted by Gasteiger charge is 2.20. The van der Waals surface area contributed by atoms with Gasteiger partial charge in [0.05, 0.1) is 26.2 Å². The number of esters is 1. The lowest BCUT2D eigenvalue weighted by Crippen LogP contribution is -2.44. The van der Waals surface area contributed by atoms with Gasteiger partial charge < -0.3 is 20.1 Å². The molecule has 0 aromatic carbocycles. The van der Waals surface area contributed by atoms with Gasteiger partial charge in [-0.1, -0.05) is 0 Å². The molecule has 1 amide bonds. The lowest BCUT2D eigenvalue weighted by Gasteiger charge is -2.23. The molecule has 0 radical (unpaired) electrons. The van der Waals surface area contributed by atoms with Gasteiger partial charge in [-0.05, 0) is 6.92 Å². The second-order valence-electron chi connectivity index (χ2n) is 3.71. The standard InChI is InChI=1S/C10H18N2O4/c1-7(10(14)15-2)12-9(13)5-8-6-11-3-4-16-8/h7-8,11H,3-6H2,1-2H3,(H,12,13). The van der Waals surface area contributed by atoms with E-state index in [1.54, 1.807) is 6.92 Å². The summed E-state index contributed by atoms with van der Waals surface area (Å²) in [5.74, 6) is -0.650. The van der Waals surface area contributed by atoms with Crippen molar-refractivity contribution in [1.82, 2.24) is 10.6 Å². The van der Waals surface area contributed by atoms with Crippen LogP contribution in [-0.2, 0) is 19.1 Å². The van der Waals surface area contributed by atoms with Gasteiger partial charge >= 0.3 is 5.97 Å². The molecule has 0 aromatic rings. The van der Waals surface area contributed by atoms with Crippen LogP contribution < -0.4 is 10.6 Å². The highest BCUT2D eigenvalue weighted by atomic mass is 16.5. The number of amides is 1. The van der Waals surface area contributed by atoms with Crippen LogP contribution >= 0.6 is 0 Å². The molecule has 2 N–H and O–H groups in total. The zero-order valence-corrected chi connectivity index (χ0v) is 9.62. The van der Waals surface area contributed by atoms with Crippen molar-refractivity contribution in [2.75, 3.05) is 26.8 Å². The first-order chi connectivity index (χ1) is 7.63. The van der Waals surface area contributed by atoms with Gasteiger partial charge in [0.15, 0.2) is 0 Å². The molecule has 1 saturated heterocycles. The second-order valence-corrected chi connectivity index (χ2v) is 3.71. The summed E-state index contributed by atoms with van der Waals surface area (Å²) in [6, 6.07) is -0.617. The molecule has 16 heavy (non-hydrogen) atoms. The zero-order chi connectivity index (χ0) is 12.0. The van der Waals surface area contributed by atoms with Crippen molar-refractivity contribution in [1.29, 1.82) is 0 Å². The Balaban J connectivity index is 2.26. The smallest absolute Gasteiger partial charge is 0.328 e. The van der Waals surface area contributed by atoms with Gasteiger partial charge in [-0.25, -0.2) is 4.79 Å². The van der Waals surface area contributed by atoms with Crippen LogP contribution in [0.1, 0.15) is 13.3 Å². The first kappa shape index (κ1) is 12.9. The number of ether oxygens (including phenoxy) is 2. The number of carbonyl (C=O) groups is 2. The van der Waals surface area contributed by atoms with E-state index in [0.717, 1.165) is 6.54 Å². The van der Waals surface area contributed by atoms with Crippen LogP contribution in [0.5, 0.6) is 0 Å². The zero-order valence-electron chi connectivity index (χ0n) is 9.62. The summed E-state index contributed by atoms with van der Waals surface area (Å²) in [5.41, 5.74) is 0. The van der Waals surface area contributed by atoms with Gasteiger partial charge in [-0.2, -0.15) is 0 Å². The maximum atomic E-state index is 11.5. The molecule has 92 valence electrons. The molecule has 0 aliphatic carbocycles. The molecule has 0 bridgehead atoms. The van der Waals surface area contributed by atoms with Crippen LogP contribution in [0.15, 0.2) is 0 Å². The number of hydrogen-bond donors (Lipinski definition) is 2. The number of nitrogens with one attached hydrogen (secondary N) is 2. The van der Waals surface area contributed by atoms with Crippen molar-refractivity contribution in [3.63, 3.8) is 0 Å². The van der Waals surface area contributed by atoms with Crippen molar-refractivity contribution in [2.45, 2.75) is 25.5 Å². The number of morpholine rings is 1. The maximum Gasteiger partial charge on any atom is 0.328 e. The third-order valence-electron chi connectivity index (χ3n) is 2.35. The van der Waals surface area contributed by atoms with Crippen molar-refractivity contribution in [3.05, 3.63) is 0 Å². The van der Waals surface area contributed by atoms with Crippen LogP contribution in [0.4, 0.5) is 0 Å². The van der Waals surface area contributed by atoms with E-state index in [2.05, 4.69) is 15.4 Å². The lowest BCUT2D eigenvalue weighted by molar-refractivity contribution is -0.144. The number of rotatable bonds is 4. The van der Waals surface area contributed by atoms with Crippen molar-refractivity contribution in [3.8, 4) is 0 Å². The molecule has 2 unspecified atom stereocenters. The Hall–Kier alpha value is -1.14. The average molecular weight is 230 g/mol. The quantitative estimate of drug-likeness (QED) is 0.608. The van der Waals surface area contributed by atoms with Crippen LogP contribution in [0, 0.1) is 0 Å². The first-order valence-electron chi connectivity index (χ1n) is 5.33. The van der Waals surface area contributed by atoms with Crippen LogP contribution in [0.3, 0.4) is 0 Å². The maximum absolute atomic E-state index is 11.5. The molecule has 6 nitrogen and oxygen atoms in total. The summed E-state index contributed by atoms with van der Waals surface area (Å²) in [4.78, 5) is 22.6. The second kappa shape index (κ2) is 6.44. The molecule has 1 fully saturated rings. The summed E-state index contributed by atoms with van der Waals surface area (Å²) in [7, 11) is 1.29. The lowest BCUT2D eigenvalue weighted by atomic mass is 10.2. The SMILES string of the molecule is COC(=O)C(C)NC(=O)CC1CNCCO1. The van der Waals surface area contributed by atoms with E-state index in [-0.39, 0.29) is 18.4 Å². The van der Waals surface area contributed by atoms with Gasteiger partial charge in [0, 0.05) is 13.1 Å². The fourth-order valence-corrected chi connectivity index (χ4v) is 1.49. The highest BCUT2D eigenvalue weighted by molar-refractivity contribution is 5.84. The Morgan fingerprint density at radius 3 is 2.94 bits per heavy atom. The minimum Gasteiger partial charge on any atom is -0.467 e. The summed E-state index contributed by atoms with van der Waals surface area (Å²) in [5, 5.41) is 5.69. The summed E-state index contributed by atoms with van der Waals surface area (Å²) in [6.45, 7) is 3.69. The van der Waals surface area contributed by atoms with Gasteiger partial charge in [-0.3, -0.25) is 4.79 Å². The minimum atomic E-state index is -0.617. The van der Waals surface area contributed by atoms with Crippen molar-refractivity contribution in [2.24, 2.45) is 0 Å². The van der Waals surface area contributed by atoms with E-state index in [4.69, 9.17) is 4.74 Å². The summed E-state index contributed by atoms with van der Waals surface area (Å²) >= 11 is 0. The van der Waals surface area contributed by atoms with E-state index in [0.29, 0.717) is 13.2 Å². The van der Waals surface area contributed by atoms with Gasteiger partial charge in [0.1, 0.15) is 6.04 Å². The molecular formula is C10H18N2O4. The largest absolute Gasteiger partial charge is 0.467 e. The molecule has 0 aromatic heterocycles. The molecular weight excluding hydrogens is 212 g/mol. The van der Waals surface area contributed by atoms with Crippen LogP contribution in [0.2, 0.25) is 0 Å². The summed E-state index contributed by atoms with van der Waals surface area (Å²) in [6.07, 6.45) is 0.146. The third-order valence-corrected chi connectivity index (χ3v) is 2.35. The number of hydrogen-bond acceptors (Lipinski definition) is 5. The molecule has 6 heteroatoms. The molecule has 1 aliphatic rings. The topological polar surface area (TPSA) is 76.7 Å². The average Bonchev–Trinajstić information content (AvgIpc) is 2.29. The first-order valence-corrected chi connectivity index (χ1v) is 5.33. The Kier molecular flexibility index (Phi) is 5.21. The third kappa shape index (κ3) is 4.16. The normalized spacial score (nSPS) is 22.2. The van der Waals surface area contributed by atoms with E-state index in [1.165, 1.54) is 7.11 Å². The van der Waals surface area contributed by atoms with Gasteiger partial charge in [-0.15, -0.1) is 0 Å². The summed E-state index contributed by atoms with van der Waals surface area (Å²) < 4.78 is 9.88. The molecule has 0 spiro atoms. The Bertz CT molecular complexity index is 251. The van der Waals surface area contributed by atoms with E-state index in [1.807, 2.05) is 0 Å². The molecule has 0 saturated carbocycles. The van der Waals surface area contributed by atoms with E-state index < -0.39 is 12.0 Å². The Morgan fingerprint density at radius 1 is 1.62 bits per heavy atom. The van der Waals surface area contributed by atoms with Crippen LogP contribution in [0.25, 0.3) is 0 Å². The predicted octanol–water partition coefficient (Wildman–Crippen LogP) is -0.957. The fourth-order valence-electron chi connectivity index (χ4n) is 1.49. The molecule has 2 atom stereocenters.